The summed E-state index contributed by atoms with van der Waals surface area (Å²) in [5.74, 6) is 1.62. The number of rotatable bonds is 7. The minimum absolute atomic E-state index is 0.139. The van der Waals surface area contributed by atoms with E-state index in [2.05, 4.69) is 17.0 Å². The van der Waals surface area contributed by atoms with E-state index in [1.54, 1.807) is 7.11 Å². The first-order chi connectivity index (χ1) is 13.8. The van der Waals surface area contributed by atoms with Crippen molar-refractivity contribution in [2.75, 3.05) is 46.6 Å². The van der Waals surface area contributed by atoms with E-state index in [4.69, 9.17) is 28.8 Å². The molecule has 0 radical (unpaired) electrons. The monoisotopic (exact) mass is 395 g/mol. The SMILES string of the molecule is COc1ccc(CN2CCCCCC2)cc1OCCC1COCCO1.O=CO. The Morgan fingerprint density at radius 2 is 1.93 bits per heavy atom. The predicted molar refractivity (Wildman–Crippen MR) is 106 cm³/mol. The molecule has 1 unspecified atom stereocenters. The Kier molecular flexibility index (Phi) is 10.7. The second-order valence-corrected chi connectivity index (χ2v) is 6.99. The molecule has 1 aromatic rings. The Hall–Kier alpha value is -1.83. The second kappa shape index (κ2) is 13.4. The number of carboxylic acid groups (broad SMARTS) is 1. The van der Waals surface area contributed by atoms with E-state index >= 15 is 0 Å². The molecule has 7 nitrogen and oxygen atoms in total. The number of hydrogen-bond donors (Lipinski definition) is 1. The number of carbonyl (C=O) groups is 1. The molecule has 7 heteroatoms. The average Bonchev–Trinajstić information content (AvgIpc) is 2.98. The fourth-order valence-corrected chi connectivity index (χ4v) is 3.49. The van der Waals surface area contributed by atoms with E-state index in [1.165, 1.54) is 44.3 Å². The van der Waals surface area contributed by atoms with Crippen LogP contribution in [0, 0.1) is 0 Å². The van der Waals surface area contributed by atoms with Crippen LogP contribution >= 0.6 is 0 Å². The molecule has 0 saturated carbocycles. The maximum Gasteiger partial charge on any atom is 0.290 e. The fraction of sp³-hybridized carbons (Fsp3) is 0.667. The molecule has 2 fully saturated rings. The summed E-state index contributed by atoms with van der Waals surface area (Å²) < 4.78 is 22.6. The van der Waals surface area contributed by atoms with Gasteiger partial charge in [-0.05, 0) is 43.6 Å². The minimum Gasteiger partial charge on any atom is -0.493 e. The van der Waals surface area contributed by atoms with Crippen LogP contribution in [0.4, 0.5) is 0 Å². The highest BCUT2D eigenvalue weighted by atomic mass is 16.6. The summed E-state index contributed by atoms with van der Waals surface area (Å²) in [4.78, 5) is 10.9. The van der Waals surface area contributed by atoms with Crippen molar-refractivity contribution in [2.45, 2.75) is 44.8 Å². The first kappa shape index (κ1) is 22.5. The van der Waals surface area contributed by atoms with Gasteiger partial charge in [-0.1, -0.05) is 18.9 Å². The molecule has 0 spiro atoms. The van der Waals surface area contributed by atoms with Gasteiger partial charge in [-0.3, -0.25) is 9.69 Å². The van der Waals surface area contributed by atoms with Gasteiger partial charge in [0, 0.05) is 13.0 Å². The van der Waals surface area contributed by atoms with Gasteiger partial charge in [0.1, 0.15) is 0 Å². The van der Waals surface area contributed by atoms with Crippen molar-refractivity contribution in [1.82, 2.24) is 4.90 Å². The lowest BCUT2D eigenvalue weighted by molar-refractivity contribution is -0.122. The molecule has 2 saturated heterocycles. The molecular weight excluding hydrogens is 362 g/mol. The van der Waals surface area contributed by atoms with Gasteiger partial charge in [-0.2, -0.15) is 0 Å². The molecule has 1 atom stereocenters. The summed E-state index contributed by atoms with van der Waals surface area (Å²) in [6.07, 6.45) is 6.31. The molecule has 28 heavy (non-hydrogen) atoms. The zero-order valence-corrected chi connectivity index (χ0v) is 16.8. The van der Waals surface area contributed by atoms with Crippen LogP contribution in [0.3, 0.4) is 0 Å². The van der Waals surface area contributed by atoms with Crippen LogP contribution in [-0.4, -0.2) is 69.2 Å². The molecule has 0 aliphatic carbocycles. The molecule has 2 heterocycles. The highest BCUT2D eigenvalue weighted by Gasteiger charge is 2.15. The van der Waals surface area contributed by atoms with Gasteiger partial charge < -0.3 is 24.1 Å². The fourth-order valence-electron chi connectivity index (χ4n) is 3.49. The zero-order chi connectivity index (χ0) is 20.0. The lowest BCUT2D eigenvalue weighted by atomic mass is 10.1. The van der Waals surface area contributed by atoms with Crippen molar-refractivity contribution in [1.29, 1.82) is 0 Å². The Morgan fingerprint density at radius 3 is 2.57 bits per heavy atom. The van der Waals surface area contributed by atoms with Crippen LogP contribution in [-0.2, 0) is 20.8 Å². The summed E-state index contributed by atoms with van der Waals surface area (Å²) >= 11 is 0. The van der Waals surface area contributed by atoms with Crippen molar-refractivity contribution in [3.63, 3.8) is 0 Å². The van der Waals surface area contributed by atoms with Crippen molar-refractivity contribution < 1.29 is 28.8 Å². The lowest BCUT2D eigenvalue weighted by Crippen LogP contribution is -2.29. The summed E-state index contributed by atoms with van der Waals surface area (Å²) in [5, 5.41) is 6.89. The standard InChI is InChI=1S/C20H31NO4.CH2O2/c1-22-19-7-6-17(15-21-9-4-2-3-5-10-21)14-20(19)25-11-8-18-16-23-12-13-24-18;2-1-3/h6-7,14,18H,2-5,8-13,15-16H2,1H3;1H,(H,2,3). The highest BCUT2D eigenvalue weighted by molar-refractivity contribution is 5.43. The molecular formula is C21H33NO6. The number of hydrogen-bond acceptors (Lipinski definition) is 6. The Balaban J connectivity index is 0.000000878. The maximum absolute atomic E-state index is 8.36. The Bertz CT molecular complexity index is 554. The molecule has 158 valence electrons. The topological polar surface area (TPSA) is 77.5 Å². The molecule has 1 N–H and O–H groups in total. The van der Waals surface area contributed by atoms with Gasteiger partial charge in [0.25, 0.3) is 6.47 Å². The van der Waals surface area contributed by atoms with Crippen molar-refractivity contribution in [3.8, 4) is 11.5 Å². The molecule has 1 aromatic carbocycles. The van der Waals surface area contributed by atoms with Crippen LogP contribution in [0.1, 0.15) is 37.7 Å². The third-order valence-corrected chi connectivity index (χ3v) is 4.92. The van der Waals surface area contributed by atoms with Crippen molar-refractivity contribution in [3.05, 3.63) is 23.8 Å². The first-order valence-electron chi connectivity index (χ1n) is 10.1. The summed E-state index contributed by atoms with van der Waals surface area (Å²) in [7, 11) is 1.69. The van der Waals surface area contributed by atoms with Crippen LogP contribution in [0.15, 0.2) is 18.2 Å². The quantitative estimate of drug-likeness (QED) is 0.711. The van der Waals surface area contributed by atoms with Gasteiger partial charge in [0.2, 0.25) is 0 Å². The average molecular weight is 395 g/mol. The molecule has 0 amide bonds. The number of likely N-dealkylation sites (tertiary alicyclic amines) is 1. The number of methoxy groups -OCH3 is 1. The summed E-state index contributed by atoms with van der Waals surface area (Å²) in [5.41, 5.74) is 1.29. The smallest absolute Gasteiger partial charge is 0.290 e. The van der Waals surface area contributed by atoms with Gasteiger partial charge in [0.15, 0.2) is 11.5 Å². The molecule has 0 bridgehead atoms. The zero-order valence-electron chi connectivity index (χ0n) is 16.8. The van der Waals surface area contributed by atoms with E-state index in [-0.39, 0.29) is 12.6 Å². The third-order valence-electron chi connectivity index (χ3n) is 4.92. The number of ether oxygens (including phenoxy) is 4. The first-order valence-corrected chi connectivity index (χ1v) is 10.1. The van der Waals surface area contributed by atoms with Gasteiger partial charge in [-0.15, -0.1) is 0 Å². The molecule has 2 aliphatic heterocycles. The Morgan fingerprint density at radius 1 is 1.18 bits per heavy atom. The van der Waals surface area contributed by atoms with E-state index in [9.17, 15) is 0 Å². The maximum atomic E-state index is 8.36. The van der Waals surface area contributed by atoms with E-state index in [1.807, 2.05) is 6.07 Å². The largest absolute Gasteiger partial charge is 0.493 e. The van der Waals surface area contributed by atoms with Gasteiger partial charge in [-0.25, -0.2) is 0 Å². The van der Waals surface area contributed by atoms with Crippen LogP contribution < -0.4 is 9.47 Å². The highest BCUT2D eigenvalue weighted by Crippen LogP contribution is 2.29. The van der Waals surface area contributed by atoms with Gasteiger partial charge in [0.05, 0.1) is 39.6 Å². The molecule has 2 aliphatic rings. The van der Waals surface area contributed by atoms with E-state index in [0.29, 0.717) is 26.4 Å². The van der Waals surface area contributed by atoms with Crippen LogP contribution in [0.25, 0.3) is 0 Å². The van der Waals surface area contributed by atoms with E-state index in [0.717, 1.165) is 24.5 Å². The predicted octanol–water partition coefficient (Wildman–Crippen LogP) is 2.96. The van der Waals surface area contributed by atoms with Crippen molar-refractivity contribution >= 4 is 6.47 Å². The van der Waals surface area contributed by atoms with Crippen LogP contribution in [0.2, 0.25) is 0 Å². The van der Waals surface area contributed by atoms with Gasteiger partial charge >= 0.3 is 0 Å². The third kappa shape index (κ3) is 8.04. The second-order valence-electron chi connectivity index (χ2n) is 6.99. The summed E-state index contributed by atoms with van der Waals surface area (Å²) in [6.45, 7) is 5.78. The van der Waals surface area contributed by atoms with Crippen LogP contribution in [0.5, 0.6) is 11.5 Å². The normalized spacial score (nSPS) is 20.4. The van der Waals surface area contributed by atoms with E-state index < -0.39 is 0 Å². The van der Waals surface area contributed by atoms with Crippen molar-refractivity contribution in [2.24, 2.45) is 0 Å². The molecule has 3 rings (SSSR count). The molecule has 0 aromatic heterocycles. The lowest BCUT2D eigenvalue weighted by Gasteiger charge is -2.23. The summed E-state index contributed by atoms with van der Waals surface area (Å²) in [6, 6.07) is 6.29. The number of benzene rings is 1. The minimum atomic E-state index is -0.250. The number of nitrogens with zero attached hydrogens (tertiary/aromatic N) is 1. The Labute approximate surface area is 167 Å².